The van der Waals surface area contributed by atoms with Crippen LogP contribution in [0.25, 0.3) is 0 Å². The van der Waals surface area contributed by atoms with E-state index in [9.17, 15) is 9.59 Å². The SMILES string of the molecule is O=C(CN1C[C@@H](c2ccccc2)[C@@]2(CCCC(=O)N2)C1)Nc1ccnn1C1CCCC1. The molecule has 2 saturated heterocycles. The monoisotopic (exact) mass is 421 g/mol. The number of nitrogens with zero attached hydrogens (tertiary/aromatic N) is 3. The zero-order valence-electron chi connectivity index (χ0n) is 17.9. The Labute approximate surface area is 183 Å². The van der Waals surface area contributed by atoms with Gasteiger partial charge in [-0.1, -0.05) is 43.2 Å². The number of anilines is 1. The number of piperidine rings is 1. The number of hydrogen-bond acceptors (Lipinski definition) is 4. The van der Waals surface area contributed by atoms with Crippen LogP contribution < -0.4 is 10.6 Å². The van der Waals surface area contributed by atoms with Crippen LogP contribution in [-0.2, 0) is 9.59 Å². The number of benzene rings is 1. The van der Waals surface area contributed by atoms with Gasteiger partial charge in [0.25, 0.3) is 0 Å². The van der Waals surface area contributed by atoms with Crippen molar-refractivity contribution in [3.63, 3.8) is 0 Å². The van der Waals surface area contributed by atoms with Crippen molar-refractivity contribution < 1.29 is 9.59 Å². The third-order valence-electron chi connectivity index (χ3n) is 7.21. The summed E-state index contributed by atoms with van der Waals surface area (Å²) in [5.41, 5.74) is 0.940. The molecule has 7 nitrogen and oxygen atoms in total. The highest BCUT2D eigenvalue weighted by Gasteiger charge is 2.49. The molecule has 5 rings (SSSR count). The lowest BCUT2D eigenvalue weighted by molar-refractivity contribution is -0.125. The Morgan fingerprint density at radius 1 is 1.16 bits per heavy atom. The minimum atomic E-state index is -0.289. The standard InChI is InChI=1S/C24H31N5O2/c30-22-11-6-13-24(27-22)17-28(15-20(24)18-7-2-1-3-8-18)16-23(31)26-21-12-14-25-29(21)19-9-4-5-10-19/h1-3,7-8,12,14,19-20H,4-6,9-11,13,15-17H2,(H,26,31)(H,27,30)/t20-,24+/m0/s1. The second-order valence-electron chi connectivity index (χ2n) is 9.34. The number of nitrogens with one attached hydrogen (secondary N) is 2. The van der Waals surface area contributed by atoms with E-state index in [1.54, 1.807) is 6.20 Å². The largest absolute Gasteiger partial charge is 0.349 e. The van der Waals surface area contributed by atoms with Crippen molar-refractivity contribution in [2.45, 2.75) is 62.4 Å². The molecule has 2 atom stereocenters. The summed E-state index contributed by atoms with van der Waals surface area (Å²) in [6.07, 6.45) is 8.90. The highest BCUT2D eigenvalue weighted by Crippen LogP contribution is 2.41. The number of hydrogen-bond donors (Lipinski definition) is 2. The van der Waals surface area contributed by atoms with Gasteiger partial charge >= 0.3 is 0 Å². The molecule has 2 amide bonds. The Hall–Kier alpha value is -2.67. The van der Waals surface area contributed by atoms with E-state index < -0.39 is 0 Å². The second kappa shape index (κ2) is 8.46. The molecule has 3 fully saturated rings. The molecule has 1 saturated carbocycles. The van der Waals surface area contributed by atoms with E-state index in [0.717, 1.165) is 38.0 Å². The van der Waals surface area contributed by atoms with Gasteiger partial charge in [0.2, 0.25) is 11.8 Å². The van der Waals surface area contributed by atoms with Crippen LogP contribution in [0.3, 0.4) is 0 Å². The Kier molecular flexibility index (Phi) is 5.52. The Morgan fingerprint density at radius 2 is 1.97 bits per heavy atom. The molecule has 7 heteroatoms. The molecule has 3 heterocycles. The molecule has 3 aliphatic rings. The summed E-state index contributed by atoms with van der Waals surface area (Å²) in [7, 11) is 0. The number of rotatable bonds is 5. The van der Waals surface area contributed by atoms with Crippen molar-refractivity contribution in [3.05, 3.63) is 48.2 Å². The molecular formula is C24H31N5O2. The summed E-state index contributed by atoms with van der Waals surface area (Å²) in [4.78, 5) is 27.4. The van der Waals surface area contributed by atoms with E-state index >= 15 is 0 Å². The van der Waals surface area contributed by atoms with Crippen LogP contribution >= 0.6 is 0 Å². The molecule has 1 aromatic carbocycles. The summed E-state index contributed by atoms with van der Waals surface area (Å²) in [6, 6.07) is 12.7. The quantitative estimate of drug-likeness (QED) is 0.778. The highest BCUT2D eigenvalue weighted by molar-refractivity contribution is 5.91. The van der Waals surface area contributed by atoms with Crippen molar-refractivity contribution in [2.24, 2.45) is 0 Å². The molecule has 31 heavy (non-hydrogen) atoms. The van der Waals surface area contributed by atoms with Crippen LogP contribution in [0.15, 0.2) is 42.6 Å². The van der Waals surface area contributed by atoms with Gasteiger partial charge in [-0.2, -0.15) is 5.10 Å². The van der Waals surface area contributed by atoms with E-state index in [0.29, 0.717) is 25.6 Å². The van der Waals surface area contributed by atoms with Crippen LogP contribution in [0.1, 0.15) is 62.5 Å². The maximum absolute atomic E-state index is 12.9. The van der Waals surface area contributed by atoms with Crippen LogP contribution in [0.4, 0.5) is 5.82 Å². The lowest BCUT2D eigenvalue weighted by atomic mass is 9.76. The smallest absolute Gasteiger partial charge is 0.239 e. The van der Waals surface area contributed by atoms with Crippen molar-refractivity contribution in [2.75, 3.05) is 25.0 Å². The van der Waals surface area contributed by atoms with Gasteiger partial charge in [-0.05, 0) is 31.2 Å². The third kappa shape index (κ3) is 4.11. The first-order valence-corrected chi connectivity index (χ1v) is 11.5. The fourth-order valence-electron chi connectivity index (χ4n) is 5.82. The summed E-state index contributed by atoms with van der Waals surface area (Å²) in [6.45, 7) is 1.78. The zero-order valence-corrected chi connectivity index (χ0v) is 17.9. The predicted octanol–water partition coefficient (Wildman–Crippen LogP) is 3.08. The van der Waals surface area contributed by atoms with Gasteiger partial charge in [0.15, 0.2) is 0 Å². The Morgan fingerprint density at radius 3 is 2.74 bits per heavy atom. The van der Waals surface area contributed by atoms with Crippen LogP contribution in [-0.4, -0.2) is 51.7 Å². The second-order valence-corrected chi connectivity index (χ2v) is 9.34. The van der Waals surface area contributed by atoms with Crippen LogP contribution in [0.2, 0.25) is 0 Å². The highest BCUT2D eigenvalue weighted by atomic mass is 16.2. The van der Waals surface area contributed by atoms with Crippen LogP contribution in [0, 0.1) is 0 Å². The van der Waals surface area contributed by atoms with Gasteiger partial charge in [0, 0.05) is 31.5 Å². The maximum Gasteiger partial charge on any atom is 0.239 e. The lowest BCUT2D eigenvalue weighted by Crippen LogP contribution is -2.56. The molecular weight excluding hydrogens is 390 g/mol. The van der Waals surface area contributed by atoms with Gasteiger partial charge in [-0.3, -0.25) is 14.5 Å². The van der Waals surface area contributed by atoms with Gasteiger partial charge < -0.3 is 10.6 Å². The van der Waals surface area contributed by atoms with Gasteiger partial charge in [-0.15, -0.1) is 0 Å². The first-order valence-electron chi connectivity index (χ1n) is 11.5. The van der Waals surface area contributed by atoms with E-state index in [1.165, 1.54) is 18.4 Å². The summed E-state index contributed by atoms with van der Waals surface area (Å²) in [5.74, 6) is 1.08. The number of amides is 2. The van der Waals surface area contributed by atoms with Crippen molar-refractivity contribution in [1.82, 2.24) is 20.0 Å². The van der Waals surface area contributed by atoms with Gasteiger partial charge in [0.1, 0.15) is 5.82 Å². The number of likely N-dealkylation sites (tertiary alicyclic amines) is 1. The summed E-state index contributed by atoms with van der Waals surface area (Å²) in [5, 5.41) is 10.8. The van der Waals surface area contributed by atoms with Gasteiger partial charge in [0.05, 0.1) is 24.3 Å². The van der Waals surface area contributed by atoms with Gasteiger partial charge in [-0.25, -0.2) is 4.68 Å². The molecule has 0 radical (unpaired) electrons. The first-order chi connectivity index (χ1) is 15.1. The summed E-state index contributed by atoms with van der Waals surface area (Å²) < 4.78 is 1.98. The average Bonchev–Trinajstić information content (AvgIpc) is 3.49. The molecule has 1 aliphatic carbocycles. The Bertz CT molecular complexity index is 936. The Balaban J connectivity index is 1.29. The predicted molar refractivity (Wildman–Crippen MR) is 119 cm³/mol. The molecule has 0 bridgehead atoms. The van der Waals surface area contributed by atoms with E-state index in [1.807, 2.05) is 28.9 Å². The molecule has 1 spiro atoms. The maximum atomic E-state index is 12.9. The molecule has 1 aromatic heterocycles. The number of carbonyl (C=O) groups excluding carboxylic acids is 2. The summed E-state index contributed by atoms with van der Waals surface area (Å²) >= 11 is 0. The molecule has 2 aromatic rings. The minimum absolute atomic E-state index is 0.0225. The molecule has 0 unspecified atom stereocenters. The molecule has 2 aliphatic heterocycles. The van der Waals surface area contributed by atoms with E-state index in [2.05, 4.69) is 32.8 Å². The topological polar surface area (TPSA) is 79.3 Å². The third-order valence-corrected chi connectivity index (χ3v) is 7.21. The number of carbonyl (C=O) groups is 2. The van der Waals surface area contributed by atoms with Crippen molar-refractivity contribution in [1.29, 1.82) is 0 Å². The first kappa shape index (κ1) is 20.2. The molecule has 2 N–H and O–H groups in total. The lowest BCUT2D eigenvalue weighted by Gasteiger charge is -2.39. The number of aromatic nitrogens is 2. The van der Waals surface area contributed by atoms with E-state index in [4.69, 9.17) is 0 Å². The normalized spacial score (nSPS) is 27.0. The van der Waals surface area contributed by atoms with Crippen molar-refractivity contribution in [3.8, 4) is 0 Å². The molecule has 164 valence electrons. The fraction of sp³-hybridized carbons (Fsp3) is 0.542. The van der Waals surface area contributed by atoms with Crippen LogP contribution in [0.5, 0.6) is 0 Å². The average molecular weight is 422 g/mol. The fourth-order valence-corrected chi connectivity index (χ4v) is 5.82. The van der Waals surface area contributed by atoms with E-state index in [-0.39, 0.29) is 23.3 Å². The van der Waals surface area contributed by atoms with Crippen molar-refractivity contribution >= 4 is 17.6 Å². The minimum Gasteiger partial charge on any atom is -0.349 e. The zero-order chi connectivity index (χ0) is 21.3.